The smallest absolute Gasteiger partial charge is 0.348 e. The quantitative estimate of drug-likeness (QED) is 0.144. The monoisotopic (exact) mass is 795 g/mol. The van der Waals surface area contributed by atoms with Crippen LogP contribution >= 0.6 is 0 Å². The highest BCUT2D eigenvalue weighted by Gasteiger charge is 2.31. The molecule has 2 unspecified atom stereocenters. The number of nitrogens with zero attached hydrogens (tertiary/aromatic N) is 6. The molecule has 316 valence electrons. The second kappa shape index (κ2) is 18.5. The third-order valence-electron chi connectivity index (χ3n) is 13.1. The molecule has 2 aromatic carbocycles. The number of phenols is 2. The number of phenolic OH excluding ortho intramolecular Hbond substituents is 2. The summed E-state index contributed by atoms with van der Waals surface area (Å²) < 4.78 is 5.01. The van der Waals surface area contributed by atoms with Crippen LogP contribution in [0.1, 0.15) is 139 Å². The molecular weight excluding hydrogens is 721 g/mol. The molecular formula is C48H74N8O2+2. The van der Waals surface area contributed by atoms with Gasteiger partial charge in [0.05, 0.1) is 77.5 Å². The van der Waals surface area contributed by atoms with E-state index in [2.05, 4.69) is 95.4 Å². The Kier molecular flexibility index (Phi) is 13.4. The number of aliphatic imine (C=N–C) groups is 2. The Hall–Kier alpha value is -4.08. The summed E-state index contributed by atoms with van der Waals surface area (Å²) in [7, 11) is 0. The minimum atomic E-state index is -0.0549. The molecule has 1 aliphatic carbocycles. The number of aromatic hydroxyl groups is 2. The van der Waals surface area contributed by atoms with Crippen LogP contribution in [0.2, 0.25) is 0 Å². The highest BCUT2D eigenvalue weighted by Crippen LogP contribution is 2.34. The summed E-state index contributed by atoms with van der Waals surface area (Å²) in [6, 6.07) is 8.75. The molecule has 0 aromatic heterocycles. The lowest BCUT2D eigenvalue weighted by molar-refractivity contribution is -0.544. The van der Waals surface area contributed by atoms with Gasteiger partial charge in [0, 0.05) is 49.2 Å². The first-order valence-corrected chi connectivity index (χ1v) is 22.9. The van der Waals surface area contributed by atoms with Crippen molar-refractivity contribution >= 4 is 24.3 Å². The summed E-state index contributed by atoms with van der Waals surface area (Å²) in [5, 5.41) is 30.7. The Labute approximate surface area is 349 Å². The van der Waals surface area contributed by atoms with Gasteiger partial charge >= 0.3 is 11.9 Å². The molecule has 4 heterocycles. The summed E-state index contributed by atoms with van der Waals surface area (Å²) in [6.45, 7) is 24.3. The van der Waals surface area contributed by atoms with Crippen molar-refractivity contribution in [1.82, 2.24) is 20.4 Å². The minimum absolute atomic E-state index is 0.0237. The van der Waals surface area contributed by atoms with Crippen molar-refractivity contribution in [2.75, 3.05) is 65.4 Å². The largest absolute Gasteiger partial charge is 0.507 e. The Balaban J connectivity index is 1.06. The zero-order chi connectivity index (χ0) is 40.9. The number of aryl methyl sites for hydroxylation is 2. The van der Waals surface area contributed by atoms with E-state index in [4.69, 9.17) is 9.98 Å². The van der Waals surface area contributed by atoms with Gasteiger partial charge in [-0.1, -0.05) is 66.5 Å². The van der Waals surface area contributed by atoms with Crippen molar-refractivity contribution in [3.63, 3.8) is 0 Å². The van der Waals surface area contributed by atoms with Crippen molar-refractivity contribution in [3.05, 3.63) is 57.6 Å². The highest BCUT2D eigenvalue weighted by molar-refractivity contribution is 5.86. The molecule has 10 heteroatoms. The van der Waals surface area contributed by atoms with Gasteiger partial charge in [0.25, 0.3) is 0 Å². The van der Waals surface area contributed by atoms with Gasteiger partial charge < -0.3 is 10.2 Å². The lowest BCUT2D eigenvalue weighted by Gasteiger charge is -2.30. The third-order valence-corrected chi connectivity index (χ3v) is 13.1. The molecule has 4 N–H and O–H groups in total. The van der Waals surface area contributed by atoms with E-state index in [1.54, 1.807) is 0 Å². The first kappa shape index (κ1) is 42.1. The Morgan fingerprint density at radius 2 is 1.03 bits per heavy atom. The van der Waals surface area contributed by atoms with E-state index in [9.17, 15) is 10.2 Å². The zero-order valence-electron chi connectivity index (χ0n) is 36.8. The molecule has 0 bridgehead atoms. The van der Waals surface area contributed by atoms with E-state index < -0.39 is 0 Å². The number of rotatable bonds is 12. The Morgan fingerprint density at radius 1 is 0.621 bits per heavy atom. The molecule has 58 heavy (non-hydrogen) atoms. The van der Waals surface area contributed by atoms with Crippen molar-refractivity contribution in [2.45, 2.75) is 142 Å². The van der Waals surface area contributed by atoms with Crippen LogP contribution in [-0.2, 0) is 23.7 Å². The first-order chi connectivity index (χ1) is 27.8. The van der Waals surface area contributed by atoms with Gasteiger partial charge in [-0.3, -0.25) is 39.6 Å². The van der Waals surface area contributed by atoms with Gasteiger partial charge in [-0.05, 0) is 83.7 Å². The van der Waals surface area contributed by atoms with E-state index in [1.165, 1.54) is 48.7 Å². The van der Waals surface area contributed by atoms with E-state index in [-0.39, 0.29) is 22.9 Å². The van der Waals surface area contributed by atoms with Gasteiger partial charge in [-0.25, -0.2) is 0 Å². The van der Waals surface area contributed by atoms with Gasteiger partial charge in [-0.15, -0.1) is 0 Å². The van der Waals surface area contributed by atoms with Crippen LogP contribution in [-0.4, -0.2) is 131 Å². The summed E-state index contributed by atoms with van der Waals surface area (Å²) in [5.74, 6) is 3.32. The summed E-state index contributed by atoms with van der Waals surface area (Å²) in [6.07, 6.45) is 16.4. The maximum atomic E-state index is 11.7. The highest BCUT2D eigenvalue weighted by atomic mass is 16.3. The van der Waals surface area contributed by atoms with Gasteiger partial charge in [-0.2, -0.15) is 0 Å². The topological polar surface area (TPSA) is 102 Å². The SMILES string of the molecule is CC(C)(C)c1cc(C=NC2CCCCC2N=Cc2cc(C(C)(C)C)cc(CCCN3CCC[N+]4=C3NCCC4)c2O)c(O)c(CCCN2CCC[N+]3=C2NCCC3)c1. The second-order valence-corrected chi connectivity index (χ2v) is 19.7. The van der Waals surface area contributed by atoms with Crippen LogP contribution in [0.15, 0.2) is 34.3 Å². The van der Waals surface area contributed by atoms with Gasteiger partial charge in [0.1, 0.15) is 11.5 Å². The molecule has 1 saturated carbocycles. The fourth-order valence-corrected chi connectivity index (χ4v) is 9.58. The molecule has 0 saturated heterocycles. The van der Waals surface area contributed by atoms with Gasteiger partial charge in [0.2, 0.25) is 0 Å². The lowest BCUT2D eigenvalue weighted by atomic mass is 9.84. The van der Waals surface area contributed by atoms with Gasteiger partial charge in [0.15, 0.2) is 0 Å². The van der Waals surface area contributed by atoms with Crippen LogP contribution in [0.3, 0.4) is 0 Å². The number of guanidine groups is 2. The predicted molar refractivity (Wildman–Crippen MR) is 239 cm³/mol. The molecule has 0 radical (unpaired) electrons. The minimum Gasteiger partial charge on any atom is -0.507 e. The van der Waals surface area contributed by atoms with Crippen LogP contribution in [0.25, 0.3) is 0 Å². The van der Waals surface area contributed by atoms with Crippen LogP contribution in [0.4, 0.5) is 0 Å². The summed E-state index contributed by atoms with van der Waals surface area (Å²) >= 11 is 0. The molecule has 1 fully saturated rings. The second-order valence-electron chi connectivity index (χ2n) is 19.7. The van der Waals surface area contributed by atoms with E-state index in [0.29, 0.717) is 11.5 Å². The summed E-state index contributed by atoms with van der Waals surface area (Å²) in [4.78, 5) is 15.4. The molecule has 2 aromatic rings. The average Bonchev–Trinajstić information content (AvgIpc) is 3.20. The standard InChI is InChI=1S/C48H72N8O2/c1-47(2,3)39-29-35(15-9-21-53-25-13-27-55-23-11-19-49-45(53)55)43(57)37(31-39)33-51-41-17-7-8-18-42(41)52-34-38-32-40(48(4,5)6)30-36(44(38)58)16-10-22-54-26-14-28-56-24-12-20-50-46(54)56/h29-34,41-42H,7-28H2,1-6H3,(H2,51,52,57,58)/p+2. The number of benzene rings is 2. The first-order valence-electron chi connectivity index (χ1n) is 22.9. The molecule has 5 aliphatic rings. The number of hydrogen-bond acceptors (Lipinski definition) is 8. The fourth-order valence-electron chi connectivity index (χ4n) is 9.58. The molecule has 7 rings (SSSR count). The normalized spacial score (nSPS) is 22.0. The van der Waals surface area contributed by atoms with Crippen molar-refractivity contribution in [1.29, 1.82) is 0 Å². The zero-order valence-corrected chi connectivity index (χ0v) is 36.8. The summed E-state index contributed by atoms with van der Waals surface area (Å²) in [5.41, 5.74) is 5.96. The van der Waals surface area contributed by atoms with Crippen molar-refractivity contribution in [2.24, 2.45) is 9.98 Å². The predicted octanol–water partition coefficient (Wildman–Crippen LogP) is 6.54. The van der Waals surface area contributed by atoms with E-state index >= 15 is 0 Å². The fraction of sp³-hybridized carbons (Fsp3) is 0.667. The molecule has 4 aliphatic heterocycles. The molecule has 2 atom stereocenters. The Bertz CT molecular complexity index is 1740. The van der Waals surface area contributed by atoms with Crippen LogP contribution in [0.5, 0.6) is 11.5 Å². The number of nitrogens with one attached hydrogen (secondary N) is 2. The van der Waals surface area contributed by atoms with E-state index in [0.717, 1.165) is 139 Å². The lowest BCUT2D eigenvalue weighted by Crippen LogP contribution is -2.55. The van der Waals surface area contributed by atoms with Crippen LogP contribution < -0.4 is 10.6 Å². The maximum Gasteiger partial charge on any atom is 0.348 e. The van der Waals surface area contributed by atoms with E-state index in [1.807, 2.05) is 12.4 Å². The number of hydrogen-bond donors (Lipinski definition) is 4. The average molecular weight is 795 g/mol. The molecule has 0 amide bonds. The molecule has 0 spiro atoms. The van der Waals surface area contributed by atoms with Crippen LogP contribution in [0, 0.1) is 0 Å². The molecule has 10 nitrogen and oxygen atoms in total. The third kappa shape index (κ3) is 10.2. The van der Waals surface area contributed by atoms with Crippen molar-refractivity contribution < 1.29 is 19.4 Å². The maximum absolute atomic E-state index is 11.7. The van der Waals surface area contributed by atoms with Crippen molar-refractivity contribution in [3.8, 4) is 11.5 Å². The Morgan fingerprint density at radius 3 is 1.45 bits per heavy atom.